The molecule has 0 aliphatic carbocycles. The number of anilines is 4. The zero-order valence-corrected chi connectivity index (χ0v) is 76.7. The van der Waals surface area contributed by atoms with Crippen LogP contribution in [-0.4, -0.2) is 90.9 Å². The van der Waals surface area contributed by atoms with Gasteiger partial charge in [0.15, 0.2) is 17.5 Å². The topological polar surface area (TPSA) is 279 Å². The maximum Gasteiger partial charge on any atom is 0.417 e. The van der Waals surface area contributed by atoms with Crippen molar-refractivity contribution in [3.05, 3.63) is 426 Å². The molecule has 0 aliphatic rings. The lowest BCUT2D eigenvalue weighted by molar-refractivity contribution is -0.138. The molecule has 0 saturated heterocycles. The number of amides is 4. The average Bonchev–Trinajstić information content (AvgIpc) is 1.67. The van der Waals surface area contributed by atoms with Crippen LogP contribution in [0.4, 0.5) is 62.3 Å². The summed E-state index contributed by atoms with van der Waals surface area (Å²) in [4.78, 5) is 83.3. The molecule has 0 bridgehead atoms. The van der Waals surface area contributed by atoms with Gasteiger partial charge in [0, 0.05) is 118 Å². The number of aryl methyl sites for hydroxylation is 6. The first-order valence-corrected chi connectivity index (χ1v) is 44.4. The summed E-state index contributed by atoms with van der Waals surface area (Å²) in [5.74, 6) is -0.255. The third-order valence-corrected chi connectivity index (χ3v) is 23.7. The van der Waals surface area contributed by atoms with Crippen molar-refractivity contribution in [1.29, 1.82) is 5.26 Å². The van der Waals surface area contributed by atoms with Gasteiger partial charge in [0.2, 0.25) is 0 Å². The van der Waals surface area contributed by atoms with Gasteiger partial charge in [-0.2, -0.15) is 49.9 Å². The first kappa shape index (κ1) is 94.7. The molecular formula is C111H80F9N19O4. The number of carbonyl (C=O) groups is 4. The number of hydrogen-bond donors (Lipinski definition) is 4. The summed E-state index contributed by atoms with van der Waals surface area (Å²) in [6.07, 6.45) is 8.47. The van der Waals surface area contributed by atoms with E-state index in [1.54, 1.807) is 198 Å². The molecule has 9 aromatic carbocycles. The molecule has 4 N–H and O–H groups in total. The predicted molar refractivity (Wildman–Crippen MR) is 531 cm³/mol. The molecule has 0 atom stereocenters. The van der Waals surface area contributed by atoms with Gasteiger partial charge in [-0.25, -0.2) is 24.9 Å². The maximum atomic E-state index is 13.9. The van der Waals surface area contributed by atoms with E-state index in [0.717, 1.165) is 96.3 Å². The number of hydrogen-bond acceptors (Lipinski definition) is 14. The highest BCUT2D eigenvalue weighted by Crippen LogP contribution is 2.43. The minimum Gasteiger partial charge on any atom is -0.340 e. The lowest BCUT2D eigenvalue weighted by Gasteiger charge is -2.15. The van der Waals surface area contributed by atoms with Gasteiger partial charge in [0.25, 0.3) is 23.6 Å². The largest absolute Gasteiger partial charge is 0.417 e. The molecule has 0 spiro atoms. The molecule has 12 heterocycles. The Bertz CT molecular complexity index is 8470. The number of pyridine rings is 6. The summed E-state index contributed by atoms with van der Waals surface area (Å²) < 4.78 is 134. The molecular weight excluding hydrogens is 1830 g/mol. The number of imidazole rings is 5. The maximum absolute atomic E-state index is 13.9. The number of para-hydroxylation sites is 1. The van der Waals surface area contributed by atoms with Gasteiger partial charge >= 0.3 is 18.5 Å². The van der Waals surface area contributed by atoms with Crippen LogP contribution in [0.3, 0.4) is 0 Å². The number of halogens is 9. The highest BCUT2D eigenvalue weighted by atomic mass is 19.4. The van der Waals surface area contributed by atoms with Crippen molar-refractivity contribution >= 4 is 79.3 Å². The molecule has 21 rings (SSSR count). The Balaban J connectivity index is 0.000000126. The number of fused-ring (bicyclic) bond motifs is 5. The van der Waals surface area contributed by atoms with E-state index in [2.05, 4.69) is 72.4 Å². The van der Waals surface area contributed by atoms with E-state index < -0.39 is 69.6 Å². The van der Waals surface area contributed by atoms with E-state index in [0.29, 0.717) is 107 Å². The molecule has 4 amide bonds. The van der Waals surface area contributed by atoms with E-state index in [-0.39, 0.29) is 5.91 Å². The molecule has 0 aliphatic heterocycles. The quantitative estimate of drug-likeness (QED) is 0.0655. The number of rotatable bonds is 16. The summed E-state index contributed by atoms with van der Waals surface area (Å²) in [6.45, 7) is 9.61. The first-order valence-electron chi connectivity index (χ1n) is 44.4. The van der Waals surface area contributed by atoms with Crippen LogP contribution in [-0.2, 0) is 25.6 Å². The third-order valence-electron chi connectivity index (χ3n) is 23.7. The Labute approximate surface area is 810 Å². The molecule has 12 aromatic heterocycles. The zero-order chi connectivity index (χ0) is 100. The summed E-state index contributed by atoms with van der Waals surface area (Å²) >= 11 is 0. The van der Waals surface area contributed by atoms with Crippen molar-refractivity contribution in [2.75, 3.05) is 21.3 Å². The van der Waals surface area contributed by atoms with Gasteiger partial charge in [-0.15, -0.1) is 5.10 Å². The monoisotopic (exact) mass is 1910 g/mol. The fourth-order valence-electron chi connectivity index (χ4n) is 16.5. The second-order valence-corrected chi connectivity index (χ2v) is 33.5. The van der Waals surface area contributed by atoms with Gasteiger partial charge in [-0.3, -0.25) is 46.7 Å². The summed E-state index contributed by atoms with van der Waals surface area (Å²) in [5, 5.41) is 29.1. The molecule has 143 heavy (non-hydrogen) atoms. The Hall–Kier alpha value is -18.7. The molecule has 706 valence electrons. The minimum absolute atomic E-state index is 0.122. The zero-order valence-electron chi connectivity index (χ0n) is 76.7. The highest BCUT2D eigenvalue weighted by molar-refractivity contribution is 6.10. The van der Waals surface area contributed by atoms with E-state index >= 15 is 0 Å². The van der Waals surface area contributed by atoms with Gasteiger partial charge in [-0.05, 0) is 214 Å². The van der Waals surface area contributed by atoms with E-state index in [9.17, 15) is 64.0 Å². The number of carbonyl (C=O) groups excluding carboxylic acids is 4. The first-order chi connectivity index (χ1) is 68.8. The molecule has 0 radical (unpaired) electrons. The predicted octanol–water partition coefficient (Wildman–Crippen LogP) is 25.6. The SMILES string of the molecule is Cc1ccc(NC(=O)c2cc(-c3cccn4c(-c5cccnn5)ncc34)ccc2C(F)(F)F)cc1.Cc1ccc(NC(=O)c2cc(-c3cccn4c(-c5ccnc6ccccc56)ncc34)ccc2C(F)(F)F)cc1.Cc1ccc(NC(=O)c2cc(-c3cccn4c(-c5cn(C)cn5)ncc34)ccc2C)cc1.Cc1ccc(NC(=O)c2cc(-c3cccn4c(-c5ncccc5C#N)ncc34)ccc2C(F)(F)F)cc1. The summed E-state index contributed by atoms with van der Waals surface area (Å²) in [5.41, 5.74) is 14.9. The van der Waals surface area contributed by atoms with Crippen LogP contribution in [0.5, 0.6) is 0 Å². The van der Waals surface area contributed by atoms with Crippen LogP contribution in [0, 0.1) is 45.9 Å². The lowest BCUT2D eigenvalue weighted by atomic mass is 9.98. The molecule has 0 saturated carbocycles. The smallest absolute Gasteiger partial charge is 0.340 e. The molecule has 32 heteroatoms. The standard InChI is InChI=1S/C31H21F3N4O.C28H18F3N5O.C26H18F3N5O.C26H23N5O/c1-19-8-11-21(12-9-19)37-30(39)25-17-20(10-13-26(25)31(32,33)34)22-6-4-16-38-28(22)18-36-29(38)24-14-15-35-27-7-3-2-5-23(24)27;1-17-6-9-20(10-7-17)35-27(37)22-14-18(8-11-23(22)28(29,30)31)21-5-3-13-36-24(21)16-34-26(36)25-19(15-32)4-2-12-33-25;1-16-6-9-18(10-7-16)32-25(35)20-14-17(8-11-21(20)26(27,28)29)19-4-3-13-34-23(19)15-30-24(34)22-5-2-12-31-33-22;1-17-6-10-20(11-7-17)29-26(32)22-13-19(9-8-18(22)2)21-5-4-12-31-24(21)14-27-25(31)23-15-30(3)16-28-23/h2-18H,1H3,(H,37,39);2-14,16H,1H3,(H,35,37);2-15H,1H3,(H,32,35);4-16H,1-3H3,(H,29,32). The van der Waals surface area contributed by atoms with E-state index in [4.69, 9.17) is 0 Å². The molecule has 0 unspecified atom stereocenters. The van der Waals surface area contributed by atoms with Crippen LogP contribution in [0.15, 0.2) is 354 Å². The number of nitrogens with one attached hydrogen (secondary N) is 4. The van der Waals surface area contributed by atoms with Crippen LogP contribution in [0.1, 0.15) is 91.5 Å². The number of nitrogens with zero attached hydrogens (tertiary/aromatic N) is 15. The Morgan fingerprint density at radius 1 is 0.336 bits per heavy atom. The van der Waals surface area contributed by atoms with Crippen molar-refractivity contribution in [3.63, 3.8) is 0 Å². The Morgan fingerprint density at radius 3 is 1.10 bits per heavy atom. The number of aromatic nitrogens is 14. The summed E-state index contributed by atoms with van der Waals surface area (Å²) in [6, 6.07) is 78.0. The van der Waals surface area contributed by atoms with Gasteiger partial charge < -0.3 is 25.8 Å². The molecule has 0 fully saturated rings. The van der Waals surface area contributed by atoms with E-state index in [1.165, 1.54) is 36.4 Å². The Morgan fingerprint density at radius 2 is 0.706 bits per heavy atom. The second-order valence-electron chi connectivity index (χ2n) is 33.5. The number of benzene rings is 9. The van der Waals surface area contributed by atoms with Gasteiger partial charge in [0.1, 0.15) is 29.0 Å². The van der Waals surface area contributed by atoms with Crippen molar-refractivity contribution in [3.8, 4) is 96.5 Å². The van der Waals surface area contributed by atoms with Gasteiger partial charge in [0.05, 0.1) is 97.6 Å². The highest BCUT2D eigenvalue weighted by Gasteiger charge is 2.39. The molecule has 23 nitrogen and oxygen atoms in total. The second kappa shape index (κ2) is 39.8. The number of nitriles is 1. The molecule has 21 aromatic rings. The Kier molecular flexibility index (Phi) is 26.4. The van der Waals surface area contributed by atoms with Crippen LogP contribution >= 0.6 is 0 Å². The number of alkyl halides is 9. The van der Waals surface area contributed by atoms with Crippen molar-refractivity contribution in [1.82, 2.24) is 67.3 Å². The van der Waals surface area contributed by atoms with Crippen molar-refractivity contribution < 1.29 is 58.7 Å². The lowest BCUT2D eigenvalue weighted by Crippen LogP contribution is -2.19. The average molecular weight is 1910 g/mol. The summed E-state index contributed by atoms with van der Waals surface area (Å²) in [7, 11) is 1.94. The van der Waals surface area contributed by atoms with Crippen LogP contribution < -0.4 is 21.3 Å². The fourth-order valence-corrected chi connectivity index (χ4v) is 16.5. The van der Waals surface area contributed by atoms with Gasteiger partial charge in [-0.1, -0.05) is 144 Å². The normalized spacial score (nSPS) is 11.4. The van der Waals surface area contributed by atoms with Crippen LogP contribution in [0.25, 0.3) is 123 Å². The van der Waals surface area contributed by atoms with E-state index in [1.807, 2.05) is 165 Å². The third kappa shape index (κ3) is 20.4. The van der Waals surface area contributed by atoms with Crippen molar-refractivity contribution in [2.45, 2.75) is 53.1 Å². The van der Waals surface area contributed by atoms with Crippen LogP contribution in [0.2, 0.25) is 0 Å². The van der Waals surface area contributed by atoms with Crippen molar-refractivity contribution in [2.24, 2.45) is 7.05 Å². The minimum atomic E-state index is -4.72. The fraction of sp³-hybridized carbons (Fsp3) is 0.0811.